The highest BCUT2D eigenvalue weighted by Gasteiger charge is 2.17. The van der Waals surface area contributed by atoms with Crippen LogP contribution >= 0.6 is 22.9 Å². The largest absolute Gasteiger partial charge is 0.361 e. The van der Waals surface area contributed by atoms with Gasteiger partial charge < -0.3 is 5.32 Å². The molecule has 1 aromatic rings. The second kappa shape index (κ2) is 5.87. The van der Waals surface area contributed by atoms with Crippen molar-refractivity contribution < 1.29 is 0 Å². The van der Waals surface area contributed by atoms with E-state index in [4.69, 9.17) is 11.6 Å². The fourth-order valence-corrected chi connectivity index (χ4v) is 3.20. The van der Waals surface area contributed by atoms with Gasteiger partial charge in [0.2, 0.25) is 0 Å². The number of hydrogen-bond acceptors (Lipinski definition) is 3. The highest BCUT2D eigenvalue weighted by atomic mass is 35.5. The maximum atomic E-state index is 5.76. The van der Waals surface area contributed by atoms with Crippen molar-refractivity contribution in [3.63, 3.8) is 0 Å². The molecule has 1 aliphatic rings. The molecule has 90 valence electrons. The van der Waals surface area contributed by atoms with E-state index in [1.165, 1.54) is 32.1 Å². The van der Waals surface area contributed by atoms with Crippen LogP contribution in [0.3, 0.4) is 0 Å². The Hall–Kier alpha value is -0.280. The molecule has 2 rings (SSSR count). The molecule has 0 aliphatic heterocycles. The van der Waals surface area contributed by atoms with Crippen molar-refractivity contribution in [1.82, 2.24) is 4.98 Å². The van der Waals surface area contributed by atoms with Gasteiger partial charge in [0.05, 0.1) is 0 Å². The maximum absolute atomic E-state index is 5.76. The molecular formula is C12H19ClN2S. The summed E-state index contributed by atoms with van der Waals surface area (Å²) in [5.74, 6) is 1.86. The van der Waals surface area contributed by atoms with Gasteiger partial charge in [-0.05, 0) is 18.3 Å². The van der Waals surface area contributed by atoms with Gasteiger partial charge in [0, 0.05) is 11.9 Å². The zero-order valence-electron chi connectivity index (χ0n) is 9.71. The van der Waals surface area contributed by atoms with Crippen LogP contribution in [0.2, 0.25) is 5.15 Å². The Morgan fingerprint density at radius 3 is 2.81 bits per heavy atom. The monoisotopic (exact) mass is 258 g/mol. The third-order valence-corrected chi connectivity index (χ3v) is 4.56. The van der Waals surface area contributed by atoms with E-state index in [1.807, 2.05) is 5.38 Å². The van der Waals surface area contributed by atoms with Gasteiger partial charge in [-0.1, -0.05) is 44.2 Å². The van der Waals surface area contributed by atoms with E-state index in [0.717, 1.165) is 23.5 Å². The highest BCUT2D eigenvalue weighted by molar-refractivity contribution is 7.14. The molecule has 1 saturated carbocycles. The Morgan fingerprint density at radius 1 is 1.44 bits per heavy atom. The van der Waals surface area contributed by atoms with Crippen LogP contribution in [-0.4, -0.2) is 11.5 Å². The molecule has 0 aromatic carbocycles. The number of thiazole rings is 1. The van der Waals surface area contributed by atoms with Gasteiger partial charge >= 0.3 is 0 Å². The molecule has 2 nitrogen and oxygen atoms in total. The lowest BCUT2D eigenvalue weighted by Crippen LogP contribution is -2.15. The Kier molecular flexibility index (Phi) is 4.47. The van der Waals surface area contributed by atoms with Crippen LogP contribution in [0.15, 0.2) is 5.38 Å². The number of halogens is 1. The number of anilines is 1. The van der Waals surface area contributed by atoms with Gasteiger partial charge in [0.25, 0.3) is 0 Å². The number of rotatable bonds is 4. The van der Waals surface area contributed by atoms with Crippen LogP contribution in [0.4, 0.5) is 5.13 Å². The number of nitrogens with zero attached hydrogens (tertiary/aromatic N) is 1. The summed E-state index contributed by atoms with van der Waals surface area (Å²) in [5, 5.41) is 6.76. The molecular weight excluding hydrogens is 240 g/mol. The van der Waals surface area contributed by atoms with Gasteiger partial charge in [-0.15, -0.1) is 11.3 Å². The van der Waals surface area contributed by atoms with Crippen molar-refractivity contribution in [2.45, 2.75) is 39.0 Å². The lowest BCUT2D eigenvalue weighted by Gasteiger charge is -2.25. The lowest BCUT2D eigenvalue weighted by atomic mass is 9.81. The Labute approximate surface area is 106 Å². The summed E-state index contributed by atoms with van der Waals surface area (Å²) in [6.07, 6.45) is 6.90. The van der Waals surface area contributed by atoms with Crippen LogP contribution in [-0.2, 0) is 0 Å². The molecule has 1 aliphatic carbocycles. The fraction of sp³-hybridized carbons (Fsp3) is 0.750. The predicted molar refractivity (Wildman–Crippen MR) is 71.4 cm³/mol. The summed E-state index contributed by atoms with van der Waals surface area (Å²) in [6, 6.07) is 0. The molecule has 0 unspecified atom stereocenters. The summed E-state index contributed by atoms with van der Waals surface area (Å²) in [4.78, 5) is 4.18. The Balaban J connectivity index is 1.64. The van der Waals surface area contributed by atoms with Gasteiger partial charge in [0.15, 0.2) is 5.13 Å². The topological polar surface area (TPSA) is 24.9 Å². The van der Waals surface area contributed by atoms with Gasteiger partial charge in [0.1, 0.15) is 5.15 Å². The summed E-state index contributed by atoms with van der Waals surface area (Å²) in [5.41, 5.74) is 0. The quantitative estimate of drug-likeness (QED) is 0.865. The number of hydrogen-bond donors (Lipinski definition) is 1. The molecule has 0 bridgehead atoms. The first-order valence-electron chi connectivity index (χ1n) is 6.09. The van der Waals surface area contributed by atoms with Gasteiger partial charge in [-0.2, -0.15) is 0 Å². The first-order chi connectivity index (χ1) is 7.74. The van der Waals surface area contributed by atoms with Crippen LogP contribution in [0, 0.1) is 11.8 Å². The number of nitrogens with one attached hydrogen (secondary N) is 1. The summed E-state index contributed by atoms with van der Waals surface area (Å²) >= 11 is 7.35. The normalized spacial score (nSPS) is 25.6. The van der Waals surface area contributed by atoms with E-state index < -0.39 is 0 Å². The molecule has 1 heterocycles. The molecule has 1 aromatic heterocycles. The van der Waals surface area contributed by atoms with E-state index in [1.54, 1.807) is 11.3 Å². The van der Waals surface area contributed by atoms with Crippen LogP contribution in [0.5, 0.6) is 0 Å². The van der Waals surface area contributed by atoms with Crippen LogP contribution in [0.1, 0.15) is 39.0 Å². The SMILES string of the molecule is CC1CCC(CCNc2nc(Cl)cs2)CC1. The minimum absolute atomic E-state index is 0.596. The van der Waals surface area contributed by atoms with E-state index >= 15 is 0 Å². The average molecular weight is 259 g/mol. The fourth-order valence-electron chi connectivity index (χ4n) is 2.34. The second-order valence-electron chi connectivity index (χ2n) is 4.82. The van der Waals surface area contributed by atoms with Crippen LogP contribution < -0.4 is 5.32 Å². The van der Waals surface area contributed by atoms with Crippen molar-refractivity contribution >= 4 is 28.1 Å². The molecule has 0 atom stereocenters. The molecule has 0 spiro atoms. The van der Waals surface area contributed by atoms with Crippen molar-refractivity contribution in [2.75, 3.05) is 11.9 Å². The Morgan fingerprint density at radius 2 is 2.19 bits per heavy atom. The van der Waals surface area contributed by atoms with Crippen LogP contribution in [0.25, 0.3) is 0 Å². The third kappa shape index (κ3) is 3.63. The minimum atomic E-state index is 0.596. The molecule has 0 saturated heterocycles. The summed E-state index contributed by atoms with van der Waals surface area (Å²) < 4.78 is 0. The smallest absolute Gasteiger partial charge is 0.184 e. The van der Waals surface area contributed by atoms with E-state index in [2.05, 4.69) is 17.2 Å². The highest BCUT2D eigenvalue weighted by Crippen LogP contribution is 2.30. The first-order valence-corrected chi connectivity index (χ1v) is 7.34. The predicted octanol–water partition coefficient (Wildman–Crippen LogP) is 4.42. The van der Waals surface area contributed by atoms with Gasteiger partial charge in [-0.25, -0.2) is 4.98 Å². The molecule has 0 radical (unpaired) electrons. The standard InChI is InChI=1S/C12H19ClN2S/c1-9-2-4-10(5-3-9)6-7-14-12-15-11(13)8-16-12/h8-10H,2-7H2,1H3,(H,14,15). The number of aromatic nitrogens is 1. The third-order valence-electron chi connectivity index (χ3n) is 3.44. The maximum Gasteiger partial charge on any atom is 0.184 e. The van der Waals surface area contributed by atoms with Crippen molar-refractivity contribution in [3.05, 3.63) is 10.5 Å². The molecule has 4 heteroatoms. The van der Waals surface area contributed by atoms with Gasteiger partial charge in [-0.3, -0.25) is 0 Å². The molecule has 1 N–H and O–H groups in total. The zero-order valence-corrected chi connectivity index (χ0v) is 11.3. The molecule has 1 fully saturated rings. The van der Waals surface area contributed by atoms with E-state index in [0.29, 0.717) is 5.15 Å². The lowest BCUT2D eigenvalue weighted by molar-refractivity contribution is 0.282. The molecule has 16 heavy (non-hydrogen) atoms. The summed E-state index contributed by atoms with van der Waals surface area (Å²) in [7, 11) is 0. The van der Waals surface area contributed by atoms with Crippen molar-refractivity contribution in [3.8, 4) is 0 Å². The average Bonchev–Trinajstić information content (AvgIpc) is 2.67. The van der Waals surface area contributed by atoms with E-state index in [9.17, 15) is 0 Å². The zero-order chi connectivity index (χ0) is 11.4. The molecule has 0 amide bonds. The van der Waals surface area contributed by atoms with E-state index in [-0.39, 0.29) is 0 Å². The first kappa shape index (κ1) is 12.2. The minimum Gasteiger partial charge on any atom is -0.361 e. The van der Waals surface area contributed by atoms with Crippen molar-refractivity contribution in [1.29, 1.82) is 0 Å². The summed E-state index contributed by atoms with van der Waals surface area (Å²) in [6.45, 7) is 3.40. The second-order valence-corrected chi connectivity index (χ2v) is 6.06. The Bertz CT molecular complexity index is 319. The van der Waals surface area contributed by atoms with Crippen molar-refractivity contribution in [2.24, 2.45) is 11.8 Å².